The Labute approximate surface area is 84.8 Å². The van der Waals surface area contributed by atoms with Crippen molar-refractivity contribution in [2.45, 2.75) is 0 Å². The number of amides is 1. The van der Waals surface area contributed by atoms with Gasteiger partial charge >= 0.3 is 0 Å². The monoisotopic (exact) mass is 201 g/mol. The number of piperazine rings is 1. The number of likely N-dealkylation sites (N-methyl/N-ethyl adjacent to an activating group) is 1. The molecule has 0 unspecified atom stereocenters. The molecule has 0 spiro atoms. The van der Waals surface area contributed by atoms with Crippen molar-refractivity contribution in [1.29, 1.82) is 0 Å². The van der Waals surface area contributed by atoms with Gasteiger partial charge in [0.25, 0.3) is 0 Å². The summed E-state index contributed by atoms with van der Waals surface area (Å²) in [6, 6.07) is 0. The third kappa shape index (κ3) is 3.61. The van der Waals surface area contributed by atoms with Crippen molar-refractivity contribution in [3.05, 3.63) is 0 Å². The molecule has 14 heavy (non-hydrogen) atoms. The van der Waals surface area contributed by atoms with E-state index in [2.05, 4.69) is 11.9 Å². The molecular weight excluding hydrogens is 182 g/mol. The van der Waals surface area contributed by atoms with Crippen LogP contribution in [0, 0.1) is 0 Å². The third-order valence-corrected chi connectivity index (χ3v) is 2.34. The van der Waals surface area contributed by atoms with Gasteiger partial charge in [-0.3, -0.25) is 4.79 Å². The van der Waals surface area contributed by atoms with Gasteiger partial charge in [0.1, 0.15) is 6.61 Å². The van der Waals surface area contributed by atoms with Crippen LogP contribution in [0.2, 0.25) is 0 Å². The normalized spacial score (nSPS) is 18.6. The first-order valence-corrected chi connectivity index (χ1v) is 4.98. The Morgan fingerprint density at radius 2 is 2.00 bits per heavy atom. The Hall–Kier alpha value is -0.650. The second-order valence-corrected chi connectivity index (χ2v) is 3.53. The molecule has 1 aliphatic heterocycles. The maximum Gasteiger partial charge on any atom is 0.248 e. The van der Waals surface area contributed by atoms with E-state index in [0.29, 0.717) is 13.2 Å². The first kappa shape index (κ1) is 11.4. The fourth-order valence-electron chi connectivity index (χ4n) is 1.39. The Bertz CT molecular complexity index is 179. The van der Waals surface area contributed by atoms with E-state index in [1.807, 2.05) is 4.90 Å². The molecule has 0 bridgehead atoms. The predicted octanol–water partition coefficient (Wildman–Crippen LogP) is -1.26. The van der Waals surface area contributed by atoms with Crippen molar-refractivity contribution in [2.24, 2.45) is 5.73 Å². The Morgan fingerprint density at radius 3 is 2.57 bits per heavy atom. The first-order valence-electron chi connectivity index (χ1n) is 4.98. The van der Waals surface area contributed by atoms with Gasteiger partial charge in [0.05, 0.1) is 6.61 Å². The zero-order chi connectivity index (χ0) is 10.4. The van der Waals surface area contributed by atoms with Crippen LogP contribution in [0.15, 0.2) is 0 Å². The van der Waals surface area contributed by atoms with Crippen LogP contribution in [0.25, 0.3) is 0 Å². The summed E-state index contributed by atoms with van der Waals surface area (Å²) < 4.78 is 5.09. The second kappa shape index (κ2) is 5.95. The number of hydrogen-bond acceptors (Lipinski definition) is 4. The molecule has 1 heterocycles. The van der Waals surface area contributed by atoms with Gasteiger partial charge in [0, 0.05) is 32.7 Å². The van der Waals surface area contributed by atoms with E-state index < -0.39 is 0 Å². The number of nitrogens with two attached hydrogens (primary N) is 1. The van der Waals surface area contributed by atoms with E-state index in [4.69, 9.17) is 10.5 Å². The molecule has 1 saturated heterocycles. The smallest absolute Gasteiger partial charge is 0.248 e. The van der Waals surface area contributed by atoms with Gasteiger partial charge in [0.15, 0.2) is 0 Å². The van der Waals surface area contributed by atoms with Crippen LogP contribution in [-0.2, 0) is 9.53 Å². The molecule has 5 nitrogen and oxygen atoms in total. The van der Waals surface area contributed by atoms with Crippen LogP contribution in [0.4, 0.5) is 0 Å². The SMILES string of the molecule is CN1CCN(C(=O)COCCN)CC1. The molecule has 0 aliphatic carbocycles. The van der Waals surface area contributed by atoms with Crippen LogP contribution in [0.1, 0.15) is 0 Å². The van der Waals surface area contributed by atoms with Crippen molar-refractivity contribution < 1.29 is 9.53 Å². The summed E-state index contributed by atoms with van der Waals surface area (Å²) in [5, 5.41) is 0. The number of hydrogen-bond donors (Lipinski definition) is 1. The molecule has 1 aliphatic rings. The van der Waals surface area contributed by atoms with Crippen molar-refractivity contribution in [1.82, 2.24) is 9.80 Å². The van der Waals surface area contributed by atoms with Crippen LogP contribution in [0.5, 0.6) is 0 Å². The highest BCUT2D eigenvalue weighted by Gasteiger charge is 2.18. The largest absolute Gasteiger partial charge is 0.370 e. The highest BCUT2D eigenvalue weighted by molar-refractivity contribution is 5.77. The van der Waals surface area contributed by atoms with Crippen molar-refractivity contribution in [2.75, 3.05) is 53.0 Å². The molecule has 0 radical (unpaired) electrons. The zero-order valence-corrected chi connectivity index (χ0v) is 8.74. The number of carbonyl (C=O) groups is 1. The molecule has 82 valence electrons. The van der Waals surface area contributed by atoms with Gasteiger partial charge in [-0.05, 0) is 7.05 Å². The Morgan fingerprint density at radius 1 is 1.36 bits per heavy atom. The van der Waals surface area contributed by atoms with Crippen LogP contribution < -0.4 is 5.73 Å². The number of rotatable bonds is 4. The zero-order valence-electron chi connectivity index (χ0n) is 8.74. The number of ether oxygens (including phenoxy) is 1. The van der Waals surface area contributed by atoms with Crippen LogP contribution in [0.3, 0.4) is 0 Å². The Kier molecular flexibility index (Phi) is 4.86. The van der Waals surface area contributed by atoms with E-state index in [0.717, 1.165) is 26.2 Å². The summed E-state index contributed by atoms with van der Waals surface area (Å²) in [6.45, 7) is 4.60. The second-order valence-electron chi connectivity index (χ2n) is 3.53. The predicted molar refractivity (Wildman–Crippen MR) is 54.0 cm³/mol. The van der Waals surface area contributed by atoms with E-state index in [9.17, 15) is 4.79 Å². The number of carbonyl (C=O) groups excluding carboxylic acids is 1. The lowest BCUT2D eigenvalue weighted by molar-refractivity contribution is -0.137. The first-order chi connectivity index (χ1) is 6.74. The van der Waals surface area contributed by atoms with E-state index in [1.165, 1.54) is 0 Å². The number of nitrogens with zero attached hydrogens (tertiary/aromatic N) is 2. The Balaban J connectivity index is 2.17. The lowest BCUT2D eigenvalue weighted by atomic mass is 10.3. The van der Waals surface area contributed by atoms with E-state index in [-0.39, 0.29) is 12.5 Å². The van der Waals surface area contributed by atoms with Crippen molar-refractivity contribution >= 4 is 5.91 Å². The maximum atomic E-state index is 11.5. The standard InChI is InChI=1S/C9H19N3O2/c1-11-3-5-12(6-4-11)9(13)8-14-7-2-10/h2-8,10H2,1H3. The molecule has 2 N–H and O–H groups in total. The van der Waals surface area contributed by atoms with Gasteiger partial charge in [-0.25, -0.2) is 0 Å². The summed E-state index contributed by atoms with van der Waals surface area (Å²) in [5.74, 6) is 0.0755. The van der Waals surface area contributed by atoms with Gasteiger partial charge in [-0.1, -0.05) is 0 Å². The quantitative estimate of drug-likeness (QED) is 0.577. The summed E-state index contributed by atoms with van der Waals surface area (Å²) >= 11 is 0. The maximum absolute atomic E-state index is 11.5. The molecule has 0 aromatic heterocycles. The van der Waals surface area contributed by atoms with Gasteiger partial charge < -0.3 is 20.3 Å². The summed E-state index contributed by atoms with van der Waals surface area (Å²) in [4.78, 5) is 15.6. The minimum absolute atomic E-state index is 0.0755. The fourth-order valence-corrected chi connectivity index (χ4v) is 1.39. The third-order valence-electron chi connectivity index (χ3n) is 2.34. The summed E-state index contributed by atoms with van der Waals surface area (Å²) in [6.07, 6.45) is 0. The molecule has 0 aromatic carbocycles. The van der Waals surface area contributed by atoms with Gasteiger partial charge in [0.2, 0.25) is 5.91 Å². The average Bonchev–Trinajstić information content (AvgIpc) is 2.19. The molecule has 0 atom stereocenters. The average molecular weight is 201 g/mol. The molecule has 5 heteroatoms. The summed E-state index contributed by atoms with van der Waals surface area (Å²) in [7, 11) is 2.06. The van der Waals surface area contributed by atoms with Gasteiger partial charge in [-0.2, -0.15) is 0 Å². The molecule has 1 amide bonds. The van der Waals surface area contributed by atoms with E-state index in [1.54, 1.807) is 0 Å². The molecule has 1 fully saturated rings. The lowest BCUT2D eigenvalue weighted by Gasteiger charge is -2.32. The highest BCUT2D eigenvalue weighted by atomic mass is 16.5. The van der Waals surface area contributed by atoms with Crippen molar-refractivity contribution in [3.63, 3.8) is 0 Å². The summed E-state index contributed by atoms with van der Waals surface area (Å²) in [5.41, 5.74) is 5.25. The fraction of sp³-hybridized carbons (Fsp3) is 0.889. The highest BCUT2D eigenvalue weighted by Crippen LogP contribution is 1.99. The lowest BCUT2D eigenvalue weighted by Crippen LogP contribution is -2.48. The minimum atomic E-state index is 0.0755. The molecular formula is C9H19N3O2. The minimum Gasteiger partial charge on any atom is -0.370 e. The molecule has 1 rings (SSSR count). The van der Waals surface area contributed by atoms with E-state index >= 15 is 0 Å². The van der Waals surface area contributed by atoms with Crippen LogP contribution in [-0.4, -0.2) is 68.7 Å². The molecule has 0 saturated carbocycles. The molecule has 0 aromatic rings. The van der Waals surface area contributed by atoms with Crippen molar-refractivity contribution in [3.8, 4) is 0 Å². The van der Waals surface area contributed by atoms with Crippen LogP contribution >= 0.6 is 0 Å². The van der Waals surface area contributed by atoms with Gasteiger partial charge in [-0.15, -0.1) is 0 Å². The topological polar surface area (TPSA) is 58.8 Å².